The lowest BCUT2D eigenvalue weighted by Crippen LogP contribution is -2.12. The fourth-order valence-corrected chi connectivity index (χ4v) is 2.32. The average molecular weight is 249 g/mol. The highest BCUT2D eigenvalue weighted by atomic mass is 35.5. The van der Waals surface area contributed by atoms with Crippen molar-refractivity contribution in [3.63, 3.8) is 0 Å². The first-order valence-electron chi connectivity index (χ1n) is 5.72. The summed E-state index contributed by atoms with van der Waals surface area (Å²) in [4.78, 5) is 0. The van der Waals surface area contributed by atoms with Crippen LogP contribution >= 0.6 is 11.6 Å². The Hall–Kier alpha value is -1.42. The van der Waals surface area contributed by atoms with Gasteiger partial charge in [-0.15, -0.1) is 16.7 Å². The second kappa shape index (κ2) is 4.11. The minimum atomic E-state index is 0.239. The van der Waals surface area contributed by atoms with Crippen LogP contribution in [0, 0.1) is 5.41 Å². The van der Waals surface area contributed by atoms with Crippen LogP contribution in [0.15, 0.2) is 30.3 Å². The molecule has 0 N–H and O–H groups in total. The predicted molar refractivity (Wildman–Crippen MR) is 65.2 cm³/mol. The molecule has 1 aliphatic rings. The molecule has 1 fully saturated rings. The van der Waals surface area contributed by atoms with Gasteiger partial charge in [-0.1, -0.05) is 18.2 Å². The third-order valence-corrected chi connectivity index (χ3v) is 3.88. The van der Waals surface area contributed by atoms with Crippen molar-refractivity contribution in [2.24, 2.45) is 5.41 Å². The molecule has 0 radical (unpaired) electrons. The fourth-order valence-electron chi connectivity index (χ4n) is 1.96. The van der Waals surface area contributed by atoms with Crippen molar-refractivity contribution in [3.05, 3.63) is 36.2 Å². The zero-order chi connectivity index (χ0) is 11.7. The van der Waals surface area contributed by atoms with Gasteiger partial charge in [0.2, 0.25) is 0 Å². The number of tetrazole rings is 1. The first kappa shape index (κ1) is 10.7. The van der Waals surface area contributed by atoms with E-state index in [-0.39, 0.29) is 5.41 Å². The lowest BCUT2D eigenvalue weighted by molar-refractivity contribution is 0.546. The van der Waals surface area contributed by atoms with E-state index in [0.717, 1.165) is 17.9 Å². The van der Waals surface area contributed by atoms with Crippen LogP contribution in [0.3, 0.4) is 0 Å². The molecule has 3 rings (SSSR count). The molecule has 0 bridgehead atoms. The molecule has 0 aliphatic heterocycles. The monoisotopic (exact) mass is 248 g/mol. The van der Waals surface area contributed by atoms with E-state index in [0.29, 0.717) is 5.88 Å². The molecule has 0 unspecified atom stereocenters. The maximum Gasteiger partial charge on any atom is 0.157 e. The normalized spacial score (nSPS) is 17.0. The van der Waals surface area contributed by atoms with Crippen molar-refractivity contribution in [1.82, 2.24) is 20.2 Å². The van der Waals surface area contributed by atoms with Crippen LogP contribution in [0.1, 0.15) is 18.7 Å². The Morgan fingerprint density at radius 3 is 2.65 bits per heavy atom. The van der Waals surface area contributed by atoms with Crippen LogP contribution in [0.4, 0.5) is 0 Å². The number of para-hydroxylation sites is 1. The molecule has 0 amide bonds. The zero-order valence-electron chi connectivity index (χ0n) is 9.38. The molecule has 0 spiro atoms. The molecule has 2 aromatic rings. The molecule has 1 aromatic carbocycles. The molecule has 1 saturated carbocycles. The number of nitrogens with zero attached hydrogens (tertiary/aromatic N) is 4. The Labute approximate surface area is 105 Å². The second-order valence-electron chi connectivity index (χ2n) is 4.65. The molecule has 0 saturated heterocycles. The van der Waals surface area contributed by atoms with Gasteiger partial charge in [0.1, 0.15) is 0 Å². The third kappa shape index (κ3) is 2.05. The van der Waals surface area contributed by atoms with Gasteiger partial charge in [0.05, 0.1) is 5.69 Å². The van der Waals surface area contributed by atoms with Gasteiger partial charge < -0.3 is 0 Å². The SMILES string of the molecule is ClCC1(Cc2nnnn2-c2ccccc2)CC1. The summed E-state index contributed by atoms with van der Waals surface area (Å²) in [6.45, 7) is 0. The third-order valence-electron chi connectivity index (χ3n) is 3.31. The number of aromatic nitrogens is 4. The van der Waals surface area contributed by atoms with Gasteiger partial charge in [-0.05, 0) is 40.8 Å². The Morgan fingerprint density at radius 1 is 1.24 bits per heavy atom. The average Bonchev–Trinajstić information content (AvgIpc) is 3.00. The first-order valence-corrected chi connectivity index (χ1v) is 6.25. The standard InChI is InChI=1S/C12H13ClN4/c13-9-12(6-7-12)8-11-14-15-16-17(11)10-4-2-1-3-5-10/h1-5H,6-9H2. The van der Waals surface area contributed by atoms with E-state index >= 15 is 0 Å². The number of rotatable bonds is 4. The highest BCUT2D eigenvalue weighted by Crippen LogP contribution is 2.48. The van der Waals surface area contributed by atoms with E-state index in [1.807, 2.05) is 30.3 Å². The van der Waals surface area contributed by atoms with Crippen molar-refractivity contribution in [2.75, 3.05) is 5.88 Å². The van der Waals surface area contributed by atoms with Crippen LogP contribution in [-0.4, -0.2) is 26.1 Å². The predicted octanol–water partition coefficient (Wildman–Crippen LogP) is 2.22. The summed E-state index contributed by atoms with van der Waals surface area (Å²) < 4.78 is 1.80. The first-order chi connectivity index (χ1) is 8.33. The summed E-state index contributed by atoms with van der Waals surface area (Å²) in [5.41, 5.74) is 1.24. The van der Waals surface area contributed by atoms with E-state index in [4.69, 9.17) is 11.6 Å². The van der Waals surface area contributed by atoms with Crippen molar-refractivity contribution < 1.29 is 0 Å². The summed E-state index contributed by atoms with van der Waals surface area (Å²) in [6.07, 6.45) is 3.22. The molecule has 1 aromatic heterocycles. The van der Waals surface area contributed by atoms with Gasteiger partial charge in [0.25, 0.3) is 0 Å². The van der Waals surface area contributed by atoms with E-state index < -0.39 is 0 Å². The Bertz CT molecular complexity index is 504. The number of hydrogen-bond donors (Lipinski definition) is 0. The number of alkyl halides is 1. The number of halogens is 1. The van der Waals surface area contributed by atoms with Gasteiger partial charge in [0, 0.05) is 12.3 Å². The zero-order valence-corrected chi connectivity index (χ0v) is 10.1. The minimum Gasteiger partial charge on any atom is -0.197 e. The minimum absolute atomic E-state index is 0.239. The lowest BCUT2D eigenvalue weighted by atomic mass is 10.1. The summed E-state index contributed by atoms with van der Waals surface area (Å²) in [6, 6.07) is 9.94. The smallest absolute Gasteiger partial charge is 0.157 e. The maximum atomic E-state index is 5.99. The summed E-state index contributed by atoms with van der Waals surface area (Å²) >= 11 is 5.99. The number of hydrogen-bond acceptors (Lipinski definition) is 3. The molecule has 1 heterocycles. The van der Waals surface area contributed by atoms with Crippen molar-refractivity contribution in [3.8, 4) is 5.69 Å². The summed E-state index contributed by atoms with van der Waals surface area (Å²) in [5, 5.41) is 11.9. The van der Waals surface area contributed by atoms with Crippen LogP contribution in [0.2, 0.25) is 0 Å². The van der Waals surface area contributed by atoms with Gasteiger partial charge in [-0.25, -0.2) is 0 Å². The van der Waals surface area contributed by atoms with E-state index in [1.165, 1.54) is 12.8 Å². The molecule has 1 aliphatic carbocycles. The van der Waals surface area contributed by atoms with Crippen LogP contribution < -0.4 is 0 Å². The lowest BCUT2D eigenvalue weighted by Gasteiger charge is -2.10. The Morgan fingerprint density at radius 2 is 2.00 bits per heavy atom. The Kier molecular flexibility index (Phi) is 2.59. The molecular formula is C12H13ClN4. The Balaban J connectivity index is 1.90. The van der Waals surface area contributed by atoms with Crippen LogP contribution in [0.5, 0.6) is 0 Å². The van der Waals surface area contributed by atoms with Gasteiger partial charge in [-0.2, -0.15) is 4.68 Å². The highest BCUT2D eigenvalue weighted by Gasteiger charge is 2.43. The van der Waals surface area contributed by atoms with Gasteiger partial charge in [-0.3, -0.25) is 0 Å². The van der Waals surface area contributed by atoms with Crippen LogP contribution in [-0.2, 0) is 6.42 Å². The second-order valence-corrected chi connectivity index (χ2v) is 4.92. The molecule has 0 atom stereocenters. The number of benzene rings is 1. The van der Waals surface area contributed by atoms with Crippen molar-refractivity contribution in [1.29, 1.82) is 0 Å². The highest BCUT2D eigenvalue weighted by molar-refractivity contribution is 6.18. The van der Waals surface area contributed by atoms with Crippen LogP contribution in [0.25, 0.3) is 5.69 Å². The van der Waals surface area contributed by atoms with Gasteiger partial charge in [0.15, 0.2) is 5.82 Å². The van der Waals surface area contributed by atoms with E-state index in [2.05, 4.69) is 15.5 Å². The van der Waals surface area contributed by atoms with E-state index in [1.54, 1.807) is 4.68 Å². The summed E-state index contributed by atoms with van der Waals surface area (Å²) in [5.74, 6) is 1.59. The fraction of sp³-hybridized carbons (Fsp3) is 0.417. The van der Waals surface area contributed by atoms with Crippen molar-refractivity contribution >= 4 is 11.6 Å². The van der Waals surface area contributed by atoms with E-state index in [9.17, 15) is 0 Å². The quantitative estimate of drug-likeness (QED) is 0.780. The molecule has 88 valence electrons. The molecule has 4 nitrogen and oxygen atoms in total. The topological polar surface area (TPSA) is 43.6 Å². The van der Waals surface area contributed by atoms with Gasteiger partial charge >= 0.3 is 0 Å². The molecule has 17 heavy (non-hydrogen) atoms. The molecular weight excluding hydrogens is 236 g/mol. The van der Waals surface area contributed by atoms with Crippen molar-refractivity contribution in [2.45, 2.75) is 19.3 Å². The maximum absolute atomic E-state index is 5.99. The summed E-state index contributed by atoms with van der Waals surface area (Å²) in [7, 11) is 0. The molecule has 5 heteroatoms. The largest absolute Gasteiger partial charge is 0.197 e.